The standard InChI is InChI=1S/C19H40N4O.HI/c1-5-7-18(10-13-24)15-22-19(20-6-2)21-14-17(4)23-11-8-16(3)9-12-23;/h16-18,24H,5-15H2,1-4H3,(H2,20,21,22);1H. The third-order valence-corrected chi connectivity index (χ3v) is 5.09. The van der Waals surface area contributed by atoms with Gasteiger partial charge in [0, 0.05) is 32.3 Å². The number of likely N-dealkylation sites (tertiary alicyclic amines) is 1. The predicted molar refractivity (Wildman–Crippen MR) is 119 cm³/mol. The van der Waals surface area contributed by atoms with Crippen LogP contribution >= 0.6 is 24.0 Å². The molecule has 1 aliphatic heterocycles. The van der Waals surface area contributed by atoms with Gasteiger partial charge in [-0.1, -0.05) is 20.3 Å². The van der Waals surface area contributed by atoms with Gasteiger partial charge in [-0.15, -0.1) is 24.0 Å². The Morgan fingerprint density at radius 2 is 1.88 bits per heavy atom. The van der Waals surface area contributed by atoms with Crippen LogP contribution in [0.3, 0.4) is 0 Å². The minimum absolute atomic E-state index is 0. The van der Waals surface area contributed by atoms with Crippen LogP contribution in [0.25, 0.3) is 0 Å². The van der Waals surface area contributed by atoms with E-state index in [1.165, 1.54) is 25.9 Å². The molecule has 3 N–H and O–H groups in total. The minimum atomic E-state index is 0. The van der Waals surface area contributed by atoms with Crippen molar-refractivity contribution < 1.29 is 5.11 Å². The molecule has 1 heterocycles. The number of aliphatic hydroxyl groups excluding tert-OH is 1. The van der Waals surface area contributed by atoms with Gasteiger partial charge < -0.3 is 15.7 Å². The Hall–Kier alpha value is -0.0800. The summed E-state index contributed by atoms with van der Waals surface area (Å²) in [5.74, 6) is 2.27. The number of hydrogen-bond acceptors (Lipinski definition) is 3. The first-order valence-electron chi connectivity index (χ1n) is 9.97. The third-order valence-electron chi connectivity index (χ3n) is 5.09. The van der Waals surface area contributed by atoms with Crippen molar-refractivity contribution in [2.45, 2.75) is 65.8 Å². The minimum Gasteiger partial charge on any atom is -0.396 e. The molecular formula is C19H41IN4O. The highest BCUT2D eigenvalue weighted by atomic mass is 127. The highest BCUT2D eigenvalue weighted by Gasteiger charge is 2.20. The number of guanidine groups is 1. The number of halogens is 1. The van der Waals surface area contributed by atoms with Gasteiger partial charge in [0.05, 0.1) is 0 Å². The molecule has 0 aromatic carbocycles. The van der Waals surface area contributed by atoms with Gasteiger partial charge in [0.2, 0.25) is 0 Å². The smallest absolute Gasteiger partial charge is 0.191 e. The van der Waals surface area contributed by atoms with Crippen LogP contribution in [-0.4, -0.2) is 61.3 Å². The molecule has 0 bridgehead atoms. The molecule has 1 fully saturated rings. The van der Waals surface area contributed by atoms with Crippen molar-refractivity contribution in [3.8, 4) is 0 Å². The summed E-state index contributed by atoms with van der Waals surface area (Å²) in [5.41, 5.74) is 0. The molecule has 0 spiro atoms. The Balaban J connectivity index is 0.00000576. The lowest BCUT2D eigenvalue weighted by molar-refractivity contribution is 0.147. The van der Waals surface area contributed by atoms with E-state index in [2.05, 4.69) is 43.2 Å². The maximum absolute atomic E-state index is 9.19. The molecule has 2 atom stereocenters. The number of piperidine rings is 1. The molecule has 0 saturated carbocycles. The van der Waals surface area contributed by atoms with Crippen LogP contribution in [0, 0.1) is 11.8 Å². The second-order valence-electron chi connectivity index (χ2n) is 7.34. The van der Waals surface area contributed by atoms with Crippen molar-refractivity contribution in [1.82, 2.24) is 15.5 Å². The Kier molecular flexibility index (Phi) is 15.0. The van der Waals surface area contributed by atoms with E-state index >= 15 is 0 Å². The molecule has 1 rings (SSSR count). The molecule has 25 heavy (non-hydrogen) atoms. The summed E-state index contributed by atoms with van der Waals surface area (Å²) >= 11 is 0. The van der Waals surface area contributed by atoms with E-state index < -0.39 is 0 Å². The van der Waals surface area contributed by atoms with Crippen molar-refractivity contribution in [2.24, 2.45) is 16.8 Å². The first-order chi connectivity index (χ1) is 11.6. The van der Waals surface area contributed by atoms with E-state index in [1.807, 2.05) is 0 Å². The van der Waals surface area contributed by atoms with Crippen molar-refractivity contribution >= 4 is 29.9 Å². The van der Waals surface area contributed by atoms with Gasteiger partial charge in [0.1, 0.15) is 0 Å². The zero-order valence-corrected chi connectivity index (χ0v) is 19.1. The largest absolute Gasteiger partial charge is 0.396 e. The zero-order chi connectivity index (χ0) is 17.8. The molecule has 0 aromatic rings. The molecule has 1 saturated heterocycles. The topological polar surface area (TPSA) is 59.9 Å². The second kappa shape index (κ2) is 15.0. The third kappa shape index (κ3) is 10.6. The summed E-state index contributed by atoms with van der Waals surface area (Å²) in [7, 11) is 0. The van der Waals surface area contributed by atoms with E-state index in [1.54, 1.807) is 0 Å². The molecular weight excluding hydrogens is 427 g/mol. The van der Waals surface area contributed by atoms with Crippen molar-refractivity contribution in [3.05, 3.63) is 0 Å². The molecule has 0 aromatic heterocycles. The van der Waals surface area contributed by atoms with Gasteiger partial charge in [-0.25, -0.2) is 0 Å². The lowest BCUT2D eigenvalue weighted by atomic mass is 9.98. The number of nitrogens with zero attached hydrogens (tertiary/aromatic N) is 2. The van der Waals surface area contributed by atoms with Crippen LogP contribution in [0.4, 0.5) is 0 Å². The highest BCUT2D eigenvalue weighted by molar-refractivity contribution is 14.0. The maximum Gasteiger partial charge on any atom is 0.191 e. The van der Waals surface area contributed by atoms with Crippen LogP contribution in [0.2, 0.25) is 0 Å². The first-order valence-corrected chi connectivity index (χ1v) is 9.97. The molecule has 5 nitrogen and oxygen atoms in total. The van der Waals surface area contributed by atoms with Crippen molar-refractivity contribution in [1.29, 1.82) is 0 Å². The quantitative estimate of drug-likeness (QED) is 0.262. The van der Waals surface area contributed by atoms with E-state index in [0.717, 1.165) is 50.8 Å². The fourth-order valence-electron chi connectivity index (χ4n) is 3.32. The summed E-state index contributed by atoms with van der Waals surface area (Å²) in [6.07, 6.45) is 5.76. The average molecular weight is 468 g/mol. The van der Waals surface area contributed by atoms with E-state index in [-0.39, 0.29) is 30.6 Å². The summed E-state index contributed by atoms with van der Waals surface area (Å²) < 4.78 is 0. The Labute approximate surface area is 172 Å². The van der Waals surface area contributed by atoms with Gasteiger partial charge in [0.25, 0.3) is 0 Å². The molecule has 150 valence electrons. The molecule has 6 heteroatoms. The summed E-state index contributed by atoms with van der Waals surface area (Å²) in [4.78, 5) is 7.33. The summed E-state index contributed by atoms with van der Waals surface area (Å²) in [5, 5.41) is 16.0. The first kappa shape index (κ1) is 24.9. The molecule has 0 aliphatic carbocycles. The van der Waals surface area contributed by atoms with Gasteiger partial charge in [-0.05, 0) is 64.5 Å². The second-order valence-corrected chi connectivity index (χ2v) is 7.34. The maximum atomic E-state index is 9.19. The molecule has 1 aliphatic rings. The number of aliphatic imine (C=N–C) groups is 1. The summed E-state index contributed by atoms with van der Waals surface area (Å²) in [6, 6.07) is 0.533. The highest BCUT2D eigenvalue weighted by Crippen LogP contribution is 2.17. The predicted octanol–water partition coefficient (Wildman–Crippen LogP) is 3.08. The van der Waals surface area contributed by atoms with Crippen LogP contribution in [-0.2, 0) is 0 Å². The normalized spacial score (nSPS) is 19.2. The number of nitrogens with one attached hydrogen (secondary N) is 2. The summed E-state index contributed by atoms with van der Waals surface area (Å²) in [6.45, 7) is 14.2. The van der Waals surface area contributed by atoms with E-state index in [9.17, 15) is 5.11 Å². The zero-order valence-electron chi connectivity index (χ0n) is 16.8. The Morgan fingerprint density at radius 3 is 2.44 bits per heavy atom. The number of rotatable bonds is 10. The van der Waals surface area contributed by atoms with Crippen molar-refractivity contribution in [3.63, 3.8) is 0 Å². The Morgan fingerprint density at radius 1 is 1.20 bits per heavy atom. The monoisotopic (exact) mass is 468 g/mol. The van der Waals surface area contributed by atoms with Gasteiger partial charge in [0.15, 0.2) is 5.96 Å². The number of hydrogen-bond donors (Lipinski definition) is 3. The van der Waals surface area contributed by atoms with Crippen LogP contribution in [0.5, 0.6) is 0 Å². The van der Waals surface area contributed by atoms with Crippen molar-refractivity contribution in [2.75, 3.05) is 39.3 Å². The Bertz CT molecular complexity index is 340. The SMILES string of the molecule is CCCC(CCO)CN=C(NCC)NCC(C)N1CCC(C)CC1.I. The van der Waals surface area contributed by atoms with Crippen LogP contribution in [0.15, 0.2) is 4.99 Å². The molecule has 0 radical (unpaired) electrons. The lowest BCUT2D eigenvalue weighted by Crippen LogP contribution is -2.48. The van der Waals surface area contributed by atoms with Crippen LogP contribution < -0.4 is 10.6 Å². The van der Waals surface area contributed by atoms with E-state index in [4.69, 9.17) is 4.99 Å². The van der Waals surface area contributed by atoms with Gasteiger partial charge >= 0.3 is 0 Å². The fraction of sp³-hybridized carbons (Fsp3) is 0.947. The van der Waals surface area contributed by atoms with Gasteiger partial charge in [-0.3, -0.25) is 9.89 Å². The molecule has 0 amide bonds. The van der Waals surface area contributed by atoms with Crippen LogP contribution in [0.1, 0.15) is 59.8 Å². The van der Waals surface area contributed by atoms with E-state index in [0.29, 0.717) is 12.0 Å². The number of aliphatic hydroxyl groups is 1. The average Bonchev–Trinajstić information content (AvgIpc) is 2.58. The fourth-order valence-corrected chi connectivity index (χ4v) is 3.32. The van der Waals surface area contributed by atoms with Gasteiger partial charge in [-0.2, -0.15) is 0 Å². The lowest BCUT2D eigenvalue weighted by Gasteiger charge is -2.35. The molecule has 2 unspecified atom stereocenters.